The van der Waals surface area contributed by atoms with Crippen molar-refractivity contribution in [2.45, 2.75) is 13.3 Å². The molecular formula is C6H10O3. The SMILES string of the molecule is COCC(=O)CC(C)=O. The van der Waals surface area contributed by atoms with E-state index in [2.05, 4.69) is 4.74 Å². The number of Topliss-reactive ketones (excluding diaryl/α,β-unsaturated/α-hetero) is 2. The molecule has 0 aromatic heterocycles. The summed E-state index contributed by atoms with van der Waals surface area (Å²) in [5, 5.41) is 0. The topological polar surface area (TPSA) is 43.4 Å². The van der Waals surface area contributed by atoms with E-state index in [1.807, 2.05) is 0 Å². The zero-order valence-electron chi connectivity index (χ0n) is 5.64. The maximum atomic E-state index is 10.5. The third kappa shape index (κ3) is 5.17. The van der Waals surface area contributed by atoms with Crippen LogP contribution in [0.5, 0.6) is 0 Å². The Kier molecular flexibility index (Phi) is 3.88. The molecule has 0 fully saturated rings. The van der Waals surface area contributed by atoms with Crippen LogP contribution in [0.15, 0.2) is 0 Å². The van der Waals surface area contributed by atoms with Crippen molar-refractivity contribution in [1.29, 1.82) is 0 Å². The number of rotatable bonds is 4. The lowest BCUT2D eigenvalue weighted by molar-refractivity contribution is -0.128. The van der Waals surface area contributed by atoms with Gasteiger partial charge in [0.15, 0.2) is 5.78 Å². The van der Waals surface area contributed by atoms with Crippen LogP contribution in [-0.4, -0.2) is 25.3 Å². The lowest BCUT2D eigenvalue weighted by Gasteiger charge is -1.92. The molecule has 0 spiro atoms. The Bertz CT molecular complexity index is 117. The van der Waals surface area contributed by atoms with E-state index in [4.69, 9.17) is 0 Å². The van der Waals surface area contributed by atoms with Crippen LogP contribution in [0.3, 0.4) is 0 Å². The summed E-state index contributed by atoms with van der Waals surface area (Å²) in [5.74, 6) is -0.276. The van der Waals surface area contributed by atoms with E-state index < -0.39 is 0 Å². The number of carbonyl (C=O) groups is 2. The van der Waals surface area contributed by atoms with Gasteiger partial charge in [-0.05, 0) is 6.92 Å². The number of ketones is 2. The Balaban J connectivity index is 3.39. The molecule has 0 saturated heterocycles. The molecule has 9 heavy (non-hydrogen) atoms. The van der Waals surface area contributed by atoms with Crippen LogP contribution in [0.1, 0.15) is 13.3 Å². The number of ether oxygens (including phenoxy) is 1. The highest BCUT2D eigenvalue weighted by molar-refractivity contribution is 5.98. The molecular weight excluding hydrogens is 120 g/mol. The number of carbonyl (C=O) groups excluding carboxylic acids is 2. The van der Waals surface area contributed by atoms with Gasteiger partial charge >= 0.3 is 0 Å². The van der Waals surface area contributed by atoms with Crippen LogP contribution in [-0.2, 0) is 14.3 Å². The first-order valence-electron chi connectivity index (χ1n) is 2.67. The number of methoxy groups -OCH3 is 1. The summed E-state index contributed by atoms with van der Waals surface area (Å²) in [6.07, 6.45) is -0.00611. The fraction of sp³-hybridized carbons (Fsp3) is 0.667. The van der Waals surface area contributed by atoms with Crippen LogP contribution in [0.25, 0.3) is 0 Å². The van der Waals surface area contributed by atoms with Crippen molar-refractivity contribution >= 4 is 11.6 Å². The van der Waals surface area contributed by atoms with E-state index in [-0.39, 0.29) is 24.6 Å². The van der Waals surface area contributed by atoms with Gasteiger partial charge in [-0.25, -0.2) is 0 Å². The minimum absolute atomic E-state index is 0.00611. The fourth-order valence-corrected chi connectivity index (χ4v) is 0.490. The van der Waals surface area contributed by atoms with Crippen LogP contribution in [0.2, 0.25) is 0 Å². The zero-order chi connectivity index (χ0) is 7.28. The highest BCUT2D eigenvalue weighted by Gasteiger charge is 2.02. The summed E-state index contributed by atoms with van der Waals surface area (Å²) in [5.41, 5.74) is 0. The van der Waals surface area contributed by atoms with Crippen molar-refractivity contribution in [1.82, 2.24) is 0 Å². The van der Waals surface area contributed by atoms with Gasteiger partial charge in [-0.1, -0.05) is 0 Å². The molecule has 0 aliphatic heterocycles. The second-order valence-corrected chi connectivity index (χ2v) is 1.85. The van der Waals surface area contributed by atoms with Gasteiger partial charge in [0.05, 0.1) is 6.42 Å². The quantitative estimate of drug-likeness (QED) is 0.510. The summed E-state index contributed by atoms with van der Waals surface area (Å²) in [6, 6.07) is 0. The summed E-state index contributed by atoms with van der Waals surface area (Å²) in [4.78, 5) is 20.8. The summed E-state index contributed by atoms with van der Waals surface area (Å²) >= 11 is 0. The Morgan fingerprint density at radius 3 is 2.33 bits per heavy atom. The molecule has 0 heterocycles. The molecule has 0 saturated carbocycles. The standard InChI is InChI=1S/C6H10O3/c1-5(7)3-6(8)4-9-2/h3-4H2,1-2H3. The molecule has 0 aliphatic carbocycles. The molecule has 0 aromatic rings. The predicted octanol–water partition coefficient (Wildman–Crippen LogP) is 0.181. The Morgan fingerprint density at radius 1 is 1.44 bits per heavy atom. The molecule has 52 valence electrons. The monoisotopic (exact) mass is 130 g/mol. The van der Waals surface area contributed by atoms with Crippen molar-refractivity contribution in [3.63, 3.8) is 0 Å². The molecule has 0 radical (unpaired) electrons. The van der Waals surface area contributed by atoms with E-state index in [1.54, 1.807) is 0 Å². The van der Waals surface area contributed by atoms with Crippen LogP contribution < -0.4 is 0 Å². The van der Waals surface area contributed by atoms with E-state index in [0.29, 0.717) is 0 Å². The molecule has 0 aromatic carbocycles. The van der Waals surface area contributed by atoms with E-state index in [1.165, 1.54) is 14.0 Å². The van der Waals surface area contributed by atoms with Gasteiger partial charge in [0, 0.05) is 7.11 Å². The Morgan fingerprint density at radius 2 is 2.00 bits per heavy atom. The minimum atomic E-state index is -0.162. The second kappa shape index (κ2) is 4.21. The minimum Gasteiger partial charge on any atom is -0.377 e. The van der Waals surface area contributed by atoms with Crippen LogP contribution in [0, 0.1) is 0 Å². The zero-order valence-corrected chi connectivity index (χ0v) is 5.64. The summed E-state index contributed by atoms with van der Waals surface area (Å²) in [7, 11) is 1.43. The van der Waals surface area contributed by atoms with Gasteiger partial charge in [0.2, 0.25) is 0 Å². The largest absolute Gasteiger partial charge is 0.377 e. The third-order valence-corrected chi connectivity index (χ3v) is 0.751. The van der Waals surface area contributed by atoms with Gasteiger partial charge in [0.25, 0.3) is 0 Å². The van der Waals surface area contributed by atoms with Crippen LogP contribution in [0.4, 0.5) is 0 Å². The van der Waals surface area contributed by atoms with Gasteiger partial charge in [0.1, 0.15) is 12.4 Å². The molecule has 3 heteroatoms. The molecule has 0 bridgehead atoms. The summed E-state index contributed by atoms with van der Waals surface area (Å²) < 4.78 is 4.50. The molecule has 0 N–H and O–H groups in total. The van der Waals surface area contributed by atoms with Crippen molar-refractivity contribution in [3.05, 3.63) is 0 Å². The second-order valence-electron chi connectivity index (χ2n) is 1.85. The van der Waals surface area contributed by atoms with E-state index in [0.717, 1.165) is 0 Å². The van der Waals surface area contributed by atoms with Crippen LogP contribution >= 0.6 is 0 Å². The first-order chi connectivity index (χ1) is 4.16. The lowest BCUT2D eigenvalue weighted by atomic mass is 10.2. The fourth-order valence-electron chi connectivity index (χ4n) is 0.490. The number of hydrogen-bond acceptors (Lipinski definition) is 3. The highest BCUT2D eigenvalue weighted by Crippen LogP contribution is 1.84. The molecule has 3 nitrogen and oxygen atoms in total. The van der Waals surface area contributed by atoms with Crippen molar-refractivity contribution in [2.75, 3.05) is 13.7 Å². The molecule has 0 unspecified atom stereocenters. The highest BCUT2D eigenvalue weighted by atomic mass is 16.5. The van der Waals surface area contributed by atoms with E-state index >= 15 is 0 Å². The Hall–Kier alpha value is -0.700. The van der Waals surface area contributed by atoms with Gasteiger partial charge in [-0.2, -0.15) is 0 Å². The molecule has 0 aliphatic rings. The number of hydrogen-bond donors (Lipinski definition) is 0. The third-order valence-electron chi connectivity index (χ3n) is 0.751. The normalized spacial score (nSPS) is 9.11. The first-order valence-corrected chi connectivity index (χ1v) is 2.67. The van der Waals surface area contributed by atoms with Gasteiger partial charge in [-0.15, -0.1) is 0 Å². The van der Waals surface area contributed by atoms with Crippen molar-refractivity contribution in [2.24, 2.45) is 0 Å². The molecule has 0 rings (SSSR count). The van der Waals surface area contributed by atoms with E-state index in [9.17, 15) is 9.59 Å². The lowest BCUT2D eigenvalue weighted by Crippen LogP contribution is -2.10. The first kappa shape index (κ1) is 8.30. The summed E-state index contributed by atoms with van der Waals surface area (Å²) in [6.45, 7) is 1.42. The molecule has 0 atom stereocenters. The van der Waals surface area contributed by atoms with Gasteiger partial charge < -0.3 is 4.74 Å². The maximum absolute atomic E-state index is 10.5. The average molecular weight is 130 g/mol. The molecule has 0 amide bonds. The van der Waals surface area contributed by atoms with Crippen molar-refractivity contribution < 1.29 is 14.3 Å². The average Bonchev–Trinajstić information content (AvgIpc) is 1.63. The maximum Gasteiger partial charge on any atom is 0.165 e. The predicted molar refractivity (Wildman–Crippen MR) is 32.2 cm³/mol. The van der Waals surface area contributed by atoms with Gasteiger partial charge in [-0.3, -0.25) is 9.59 Å². The smallest absolute Gasteiger partial charge is 0.165 e. The Labute approximate surface area is 54.0 Å². The van der Waals surface area contributed by atoms with Crippen molar-refractivity contribution in [3.8, 4) is 0 Å².